The number of carbonyl (C=O) groups excluding carboxylic acids is 9. The predicted octanol–water partition coefficient (Wildman–Crippen LogP) is 8.53. The maximum absolute atomic E-state index is 18.0. The maximum atomic E-state index is 18.0. The summed E-state index contributed by atoms with van der Waals surface area (Å²) in [6.07, 6.45) is 0.0256. The summed E-state index contributed by atoms with van der Waals surface area (Å²) in [6, 6.07) is 26.7. The molecular formula is C82H100F2N6O18. The van der Waals surface area contributed by atoms with Crippen molar-refractivity contribution in [3.8, 4) is 17.6 Å². The van der Waals surface area contributed by atoms with Crippen LogP contribution in [0, 0.1) is 46.3 Å². The SMILES string of the molecule is CCC[C@@H]1O[C@@H]2C[C@H]3[C@@H]4C[C@H](F)C5=CC(=O)C=C[C@]5(C)[C@@]4(F)[C@@H](O)C[C@]3(C)[C@]2(C(=O)COc2ccc(CC(=O)OCc3ccc(NC(=O)[C@H](CCCNC(N)=O)CC(=O)[C@@H](NC(=O)CCOCCOCCOCCOCCNC(=O)CCC(=O)N4Cc5ccccc5C#Cc5ccccc54)C(C)C)cc3)cc2)O1. The van der Waals surface area contributed by atoms with Gasteiger partial charge in [-0.1, -0.05) is 107 Å². The van der Waals surface area contributed by atoms with E-state index >= 15 is 8.78 Å². The number of ketones is 3. The summed E-state index contributed by atoms with van der Waals surface area (Å²) in [5, 5.41) is 22.9. The van der Waals surface area contributed by atoms with Crippen molar-refractivity contribution in [2.24, 2.45) is 40.2 Å². The molecule has 4 aromatic carbocycles. The third-order valence-electron chi connectivity index (χ3n) is 21.7. The van der Waals surface area contributed by atoms with Gasteiger partial charge in [0.25, 0.3) is 0 Å². The fourth-order valence-electron chi connectivity index (χ4n) is 16.1. The number of aliphatic hydroxyl groups is 1. The van der Waals surface area contributed by atoms with Crippen molar-refractivity contribution >= 4 is 64.4 Å². The highest BCUT2D eigenvalue weighted by molar-refractivity contribution is 6.02. The Morgan fingerprint density at radius 2 is 1.44 bits per heavy atom. The number of amides is 6. The Bertz CT molecular complexity index is 4010. The molecule has 6 aliphatic rings. The Balaban J connectivity index is 0.593. The molecule has 0 spiro atoms. The van der Waals surface area contributed by atoms with Gasteiger partial charge in [-0.25, -0.2) is 13.6 Å². The van der Waals surface area contributed by atoms with Crippen molar-refractivity contribution in [2.75, 3.05) is 82.8 Å². The average molecular weight is 1500 g/mol. The van der Waals surface area contributed by atoms with E-state index in [1.54, 1.807) is 74.2 Å². The van der Waals surface area contributed by atoms with Crippen molar-refractivity contribution in [1.82, 2.24) is 16.0 Å². The van der Waals surface area contributed by atoms with Crippen LogP contribution < -0.4 is 36.6 Å². The highest BCUT2D eigenvalue weighted by Gasteiger charge is 2.80. The predicted molar refractivity (Wildman–Crippen MR) is 394 cm³/mol. The van der Waals surface area contributed by atoms with Crippen LogP contribution >= 0.6 is 0 Å². The number of hydrogen-bond donors (Lipinski definition) is 6. The number of allylic oxidation sites excluding steroid dienone is 4. The topological polar surface area (TPSA) is 325 Å². The standard InChI is InChI=1S/C82H100F2N6O18/c1-6-12-75-107-70-47-62-63-46-65(83)64-45-60(91)30-32-79(64,4)81(63,84)68(93)48-80(62,5)82(70,108-75)69(94)51-105-61-26-20-53(21-27-61)43-74(98)106-50-54-18-24-59(25-19-54)88-77(99)57(16-11-33-87-78(85)100)44-67(92)76(52(2)3)89-72(96)31-35-101-37-39-103-41-42-104-40-38-102-36-34-86-71(95)28-29-73(97)90-49-58-15-8-7-13-55(58)22-23-56-14-9-10-17-66(56)90/h7-10,13-15,17-21,24-27,30,32,45,52,57,62-63,65,68,70,75-76,93H,6,11-12,16,28-29,31,33-44,46-51H2,1-5H3,(H,86,95)(H,88,99)(H,89,96)(H3,85,87,100)/t57-,62+,63+,65+,68+,70-,75-,76+,79+,80+,81+,82-/m1/s1. The molecule has 4 aliphatic carbocycles. The molecule has 3 saturated carbocycles. The minimum atomic E-state index is -2.35. The molecule has 6 amide bonds. The molecule has 108 heavy (non-hydrogen) atoms. The second-order valence-corrected chi connectivity index (χ2v) is 29.2. The Kier molecular flexibility index (Phi) is 28.2. The van der Waals surface area contributed by atoms with E-state index in [2.05, 4.69) is 33.1 Å². The molecule has 12 atom stereocenters. The average Bonchev–Trinajstić information content (AvgIpc) is 1.44. The summed E-state index contributed by atoms with van der Waals surface area (Å²) in [5.74, 6) is 0.747. The van der Waals surface area contributed by atoms with Crippen molar-refractivity contribution in [3.63, 3.8) is 0 Å². The van der Waals surface area contributed by atoms with Crippen LogP contribution in [0.4, 0.5) is 25.0 Å². The number of esters is 1. The molecule has 1 saturated heterocycles. The number of anilines is 2. The van der Waals surface area contributed by atoms with Crippen LogP contribution in [0.15, 0.2) is 121 Å². The number of nitrogens with one attached hydrogen (secondary N) is 4. The van der Waals surface area contributed by atoms with Gasteiger partial charge in [-0.3, -0.25) is 38.4 Å². The summed E-state index contributed by atoms with van der Waals surface area (Å²) in [7, 11) is 0. The zero-order valence-electron chi connectivity index (χ0n) is 62.0. The smallest absolute Gasteiger partial charge is 0.312 e. The van der Waals surface area contributed by atoms with E-state index in [4.69, 9.17) is 43.6 Å². The fourth-order valence-corrected chi connectivity index (χ4v) is 16.1. The molecule has 0 radical (unpaired) electrons. The molecule has 4 fully saturated rings. The van der Waals surface area contributed by atoms with Gasteiger partial charge in [0.2, 0.25) is 29.4 Å². The number of rotatable bonds is 39. The zero-order chi connectivity index (χ0) is 77.2. The van der Waals surface area contributed by atoms with Crippen molar-refractivity contribution in [2.45, 2.75) is 167 Å². The Labute approximate surface area is 628 Å². The molecule has 0 unspecified atom stereocenters. The highest BCUT2D eigenvalue weighted by Crippen LogP contribution is 2.72. The molecule has 7 N–H and O–H groups in total. The Hall–Kier alpha value is -9.07. The number of alkyl halides is 2. The third-order valence-corrected chi connectivity index (χ3v) is 21.7. The molecule has 4 aromatic rings. The summed E-state index contributed by atoms with van der Waals surface area (Å²) in [6.45, 7) is 11.1. The number of aliphatic hydroxyl groups excluding tert-OH is 1. The number of ether oxygens (including phenoxy) is 8. The quantitative estimate of drug-likeness (QED) is 0.0138. The van der Waals surface area contributed by atoms with Crippen LogP contribution in [-0.4, -0.2) is 173 Å². The van der Waals surface area contributed by atoms with Crippen molar-refractivity contribution in [3.05, 3.63) is 149 Å². The van der Waals surface area contributed by atoms with Crippen LogP contribution in [0.5, 0.6) is 5.75 Å². The minimum Gasteiger partial charge on any atom is -0.486 e. The molecule has 2 heterocycles. The Morgan fingerprint density at radius 3 is 2.14 bits per heavy atom. The lowest BCUT2D eigenvalue weighted by Crippen LogP contribution is -2.71. The summed E-state index contributed by atoms with van der Waals surface area (Å²) >= 11 is 0. The number of carbonyl (C=O) groups is 9. The van der Waals surface area contributed by atoms with Crippen LogP contribution in [0.25, 0.3) is 0 Å². The second-order valence-electron chi connectivity index (χ2n) is 29.2. The van der Waals surface area contributed by atoms with Gasteiger partial charge in [-0.15, -0.1) is 0 Å². The number of fused-ring (bicyclic) bond motifs is 9. The lowest BCUT2D eigenvalue weighted by molar-refractivity contribution is -0.234. The minimum absolute atomic E-state index is 0.00967. The number of benzene rings is 4. The molecule has 26 heteroatoms. The van der Waals surface area contributed by atoms with E-state index in [0.29, 0.717) is 80.5 Å². The van der Waals surface area contributed by atoms with Crippen LogP contribution in [0.3, 0.4) is 0 Å². The van der Waals surface area contributed by atoms with E-state index in [1.807, 2.05) is 55.5 Å². The van der Waals surface area contributed by atoms with E-state index in [9.17, 15) is 48.3 Å². The summed E-state index contributed by atoms with van der Waals surface area (Å²) in [5.41, 5.74) is 3.38. The zero-order valence-corrected chi connectivity index (χ0v) is 62.0. The van der Waals surface area contributed by atoms with E-state index in [0.717, 1.165) is 22.8 Å². The number of primary amides is 1. The number of urea groups is 1. The number of nitrogens with zero attached hydrogens (tertiary/aromatic N) is 1. The number of halogens is 2. The lowest BCUT2D eigenvalue weighted by Gasteiger charge is -2.63. The molecule has 0 bridgehead atoms. The molecule has 0 aromatic heterocycles. The highest BCUT2D eigenvalue weighted by atomic mass is 19.1. The molecule has 580 valence electrons. The molecule has 24 nitrogen and oxygen atoms in total. The van der Waals surface area contributed by atoms with Gasteiger partial charge in [0.15, 0.2) is 29.1 Å². The van der Waals surface area contributed by atoms with Gasteiger partial charge in [0.05, 0.1) is 89.8 Å². The monoisotopic (exact) mass is 1490 g/mol. The molecular weight excluding hydrogens is 1390 g/mol. The molecule has 10 rings (SSSR count). The van der Waals surface area contributed by atoms with Crippen molar-refractivity contribution < 1.29 is 94.9 Å². The Morgan fingerprint density at radius 1 is 0.769 bits per heavy atom. The number of Topliss-reactive ketones (excluding diaryl/α,β-unsaturated/α-hetero) is 2. The number of hydrogen-bond acceptors (Lipinski definition) is 18. The third kappa shape index (κ3) is 19.3. The number of para-hydroxylation sites is 1. The first-order chi connectivity index (χ1) is 51.9. The van der Waals surface area contributed by atoms with Gasteiger partial charge >= 0.3 is 12.0 Å². The lowest BCUT2D eigenvalue weighted by atomic mass is 9.44. The first-order valence-electron chi connectivity index (χ1n) is 37.4. The van der Waals surface area contributed by atoms with Gasteiger partial charge in [0, 0.05) is 78.3 Å². The van der Waals surface area contributed by atoms with E-state index in [1.165, 1.54) is 19.1 Å². The van der Waals surface area contributed by atoms with Gasteiger partial charge < -0.3 is 74.9 Å². The summed E-state index contributed by atoms with van der Waals surface area (Å²) in [4.78, 5) is 120. The van der Waals surface area contributed by atoms with Crippen molar-refractivity contribution in [1.29, 1.82) is 0 Å². The normalized spacial score (nSPS) is 24.8. The molecule has 2 aliphatic heterocycles. The number of nitrogens with two attached hydrogens (primary N) is 1. The summed E-state index contributed by atoms with van der Waals surface area (Å²) < 4.78 is 81.3. The van der Waals surface area contributed by atoms with Gasteiger partial charge in [0.1, 0.15) is 25.1 Å². The first-order valence-corrected chi connectivity index (χ1v) is 37.4. The fraction of sp³-hybridized carbons (Fsp3) is 0.524. The van der Waals surface area contributed by atoms with E-state index in [-0.39, 0.29) is 133 Å². The largest absolute Gasteiger partial charge is 0.486 e. The second kappa shape index (κ2) is 37.4. The maximum Gasteiger partial charge on any atom is 0.312 e. The van der Waals surface area contributed by atoms with E-state index < -0.39 is 113 Å². The van der Waals surface area contributed by atoms with Crippen LogP contribution in [-0.2, 0) is 91.1 Å². The van der Waals surface area contributed by atoms with Gasteiger partial charge in [-0.2, -0.15) is 0 Å². The van der Waals surface area contributed by atoms with Crippen LogP contribution in [0.2, 0.25) is 0 Å². The van der Waals surface area contributed by atoms with Crippen LogP contribution in [0.1, 0.15) is 133 Å². The first kappa shape index (κ1) is 81.4. The van der Waals surface area contributed by atoms with Gasteiger partial charge in [-0.05, 0) is 134 Å².